The van der Waals surface area contributed by atoms with Crippen molar-refractivity contribution in [2.24, 2.45) is 5.18 Å². The van der Waals surface area contributed by atoms with Gasteiger partial charge in [0.25, 0.3) is 6.29 Å². The summed E-state index contributed by atoms with van der Waals surface area (Å²) in [6.07, 6.45) is -0.751. The summed E-state index contributed by atoms with van der Waals surface area (Å²) in [6, 6.07) is 35.4. The molecule has 0 spiro atoms. The highest BCUT2D eigenvalue weighted by Crippen LogP contribution is 2.34. The van der Waals surface area contributed by atoms with Crippen LogP contribution >= 0.6 is 0 Å². The molecular formula is C26H21NO3. The zero-order valence-corrected chi connectivity index (χ0v) is 16.3. The van der Waals surface area contributed by atoms with Gasteiger partial charge in [-0.15, -0.1) is 4.91 Å². The Kier molecular flexibility index (Phi) is 6.16. The summed E-state index contributed by atoms with van der Waals surface area (Å²) in [7, 11) is 0. The van der Waals surface area contributed by atoms with Crippen LogP contribution in [0.15, 0.2) is 120 Å². The number of ether oxygens (including phenoxy) is 2. The van der Waals surface area contributed by atoms with E-state index < -0.39 is 12.3 Å². The largest absolute Gasteiger partial charge is 0.451 e. The third-order valence-corrected chi connectivity index (χ3v) is 4.74. The molecule has 4 nitrogen and oxygen atoms in total. The number of para-hydroxylation sites is 2. The Bertz CT molecular complexity index is 1030. The Hall–Kier alpha value is -3.92. The van der Waals surface area contributed by atoms with Crippen LogP contribution in [0, 0.1) is 4.91 Å². The number of nitrogens with zero attached hydrogens (tertiary/aromatic N) is 1. The monoisotopic (exact) mass is 395 g/mol. The van der Waals surface area contributed by atoms with E-state index in [2.05, 4.69) is 5.18 Å². The molecule has 0 heterocycles. The lowest BCUT2D eigenvalue weighted by Crippen LogP contribution is -2.18. The Morgan fingerprint density at radius 3 is 1.47 bits per heavy atom. The van der Waals surface area contributed by atoms with Crippen molar-refractivity contribution in [2.75, 3.05) is 0 Å². The molecule has 148 valence electrons. The van der Waals surface area contributed by atoms with Crippen molar-refractivity contribution in [3.05, 3.63) is 137 Å². The lowest BCUT2D eigenvalue weighted by Gasteiger charge is -2.24. The molecule has 0 bridgehead atoms. The van der Waals surface area contributed by atoms with Crippen molar-refractivity contribution in [3.8, 4) is 11.5 Å². The van der Waals surface area contributed by atoms with Gasteiger partial charge in [-0.05, 0) is 35.4 Å². The van der Waals surface area contributed by atoms with Gasteiger partial charge in [0.1, 0.15) is 17.5 Å². The van der Waals surface area contributed by atoms with E-state index in [9.17, 15) is 4.91 Å². The number of benzene rings is 4. The zero-order valence-electron chi connectivity index (χ0n) is 16.3. The maximum Gasteiger partial charge on any atom is 0.267 e. The lowest BCUT2D eigenvalue weighted by atomic mass is 9.94. The van der Waals surface area contributed by atoms with E-state index in [-0.39, 0.29) is 0 Å². The van der Waals surface area contributed by atoms with Gasteiger partial charge in [-0.3, -0.25) is 0 Å². The van der Waals surface area contributed by atoms with Crippen molar-refractivity contribution in [1.82, 2.24) is 0 Å². The smallest absolute Gasteiger partial charge is 0.267 e. The molecule has 4 aromatic carbocycles. The minimum absolute atomic E-state index is 0.663. The SMILES string of the molecule is O=NC(c1ccccc1)c1ccccc1C(Oc1ccccc1)Oc1ccccc1. The molecule has 0 amide bonds. The van der Waals surface area contributed by atoms with Gasteiger partial charge in [-0.1, -0.05) is 96.2 Å². The van der Waals surface area contributed by atoms with Gasteiger partial charge in [-0.25, -0.2) is 0 Å². The molecule has 0 radical (unpaired) electrons. The lowest BCUT2D eigenvalue weighted by molar-refractivity contribution is 0.00300. The first kappa shape index (κ1) is 19.4. The van der Waals surface area contributed by atoms with Crippen LogP contribution in [0.3, 0.4) is 0 Å². The predicted molar refractivity (Wildman–Crippen MR) is 117 cm³/mol. The molecule has 30 heavy (non-hydrogen) atoms. The summed E-state index contributed by atoms with van der Waals surface area (Å²) in [5.74, 6) is 1.34. The minimum Gasteiger partial charge on any atom is -0.451 e. The van der Waals surface area contributed by atoms with E-state index in [0.29, 0.717) is 11.5 Å². The van der Waals surface area contributed by atoms with Gasteiger partial charge in [-0.2, -0.15) is 0 Å². The highest BCUT2D eigenvalue weighted by atomic mass is 16.7. The molecule has 1 unspecified atom stereocenters. The van der Waals surface area contributed by atoms with E-state index in [4.69, 9.17) is 9.47 Å². The van der Waals surface area contributed by atoms with Crippen LogP contribution in [0.1, 0.15) is 29.0 Å². The summed E-state index contributed by atoms with van der Waals surface area (Å²) >= 11 is 0. The van der Waals surface area contributed by atoms with Gasteiger partial charge in [0.05, 0.1) is 0 Å². The standard InChI is InChI=1S/C26H21NO3/c28-27-25(20-12-4-1-5-13-20)23-18-10-11-19-24(23)26(29-21-14-6-2-7-15-21)30-22-16-8-3-9-17-22/h1-19,25-26H. The number of nitroso groups, excluding NO2 is 1. The molecule has 0 aromatic heterocycles. The van der Waals surface area contributed by atoms with Crippen LogP contribution in [-0.4, -0.2) is 0 Å². The summed E-state index contributed by atoms with van der Waals surface area (Å²) in [4.78, 5) is 11.9. The molecule has 4 rings (SSSR count). The third kappa shape index (κ3) is 4.55. The van der Waals surface area contributed by atoms with Gasteiger partial charge >= 0.3 is 0 Å². The van der Waals surface area contributed by atoms with E-state index >= 15 is 0 Å². The average molecular weight is 395 g/mol. The summed E-state index contributed by atoms with van der Waals surface area (Å²) in [5, 5.41) is 3.42. The molecule has 0 aliphatic rings. The third-order valence-electron chi connectivity index (χ3n) is 4.74. The van der Waals surface area contributed by atoms with E-state index in [1.54, 1.807) is 0 Å². The molecule has 1 atom stereocenters. The molecule has 0 aliphatic heterocycles. The van der Waals surface area contributed by atoms with Crippen molar-refractivity contribution < 1.29 is 9.47 Å². The molecular weight excluding hydrogens is 374 g/mol. The molecule has 0 fully saturated rings. The predicted octanol–water partition coefficient (Wildman–Crippen LogP) is 6.70. The summed E-state index contributed by atoms with van der Waals surface area (Å²) in [6.45, 7) is 0. The van der Waals surface area contributed by atoms with Gasteiger partial charge in [0.15, 0.2) is 0 Å². The first-order valence-electron chi connectivity index (χ1n) is 9.75. The van der Waals surface area contributed by atoms with E-state index in [1.165, 1.54) is 0 Å². The van der Waals surface area contributed by atoms with Gasteiger partial charge in [0.2, 0.25) is 0 Å². The Balaban J connectivity index is 1.75. The van der Waals surface area contributed by atoms with Crippen LogP contribution in [0.2, 0.25) is 0 Å². The number of hydrogen-bond acceptors (Lipinski definition) is 4. The summed E-state index contributed by atoms with van der Waals surface area (Å²) < 4.78 is 12.4. The Morgan fingerprint density at radius 1 is 0.533 bits per heavy atom. The normalized spacial score (nSPS) is 11.6. The van der Waals surface area contributed by atoms with E-state index in [1.807, 2.05) is 115 Å². The van der Waals surface area contributed by atoms with Crippen molar-refractivity contribution >= 4 is 0 Å². The van der Waals surface area contributed by atoms with Gasteiger partial charge < -0.3 is 9.47 Å². The van der Waals surface area contributed by atoms with Crippen LogP contribution < -0.4 is 9.47 Å². The minimum atomic E-state index is -0.751. The Labute approximate surface area is 175 Å². The van der Waals surface area contributed by atoms with Crippen molar-refractivity contribution in [3.63, 3.8) is 0 Å². The molecule has 0 saturated heterocycles. The second-order valence-corrected chi connectivity index (χ2v) is 6.74. The first-order valence-corrected chi connectivity index (χ1v) is 9.75. The van der Waals surface area contributed by atoms with Crippen LogP contribution in [0.5, 0.6) is 11.5 Å². The van der Waals surface area contributed by atoms with Crippen molar-refractivity contribution in [1.29, 1.82) is 0 Å². The zero-order chi connectivity index (χ0) is 20.6. The molecule has 4 heteroatoms. The number of hydrogen-bond donors (Lipinski definition) is 0. The molecule has 0 aliphatic carbocycles. The molecule has 4 aromatic rings. The quantitative estimate of drug-likeness (QED) is 0.246. The molecule has 0 N–H and O–H groups in total. The maximum absolute atomic E-state index is 11.9. The average Bonchev–Trinajstić information content (AvgIpc) is 2.82. The van der Waals surface area contributed by atoms with Crippen LogP contribution in [0.4, 0.5) is 0 Å². The van der Waals surface area contributed by atoms with Gasteiger partial charge in [0, 0.05) is 5.56 Å². The van der Waals surface area contributed by atoms with E-state index in [0.717, 1.165) is 16.7 Å². The van der Waals surface area contributed by atoms with Crippen LogP contribution in [-0.2, 0) is 0 Å². The highest BCUT2D eigenvalue weighted by molar-refractivity contribution is 5.39. The second-order valence-electron chi connectivity index (χ2n) is 6.74. The van der Waals surface area contributed by atoms with Crippen molar-refractivity contribution in [2.45, 2.75) is 12.3 Å². The maximum atomic E-state index is 11.9. The molecule has 0 saturated carbocycles. The number of rotatable bonds is 8. The Morgan fingerprint density at radius 2 is 0.967 bits per heavy atom. The fourth-order valence-electron chi connectivity index (χ4n) is 3.30. The fourth-order valence-corrected chi connectivity index (χ4v) is 3.30. The topological polar surface area (TPSA) is 47.9 Å². The first-order chi connectivity index (χ1) is 14.8. The highest BCUT2D eigenvalue weighted by Gasteiger charge is 2.25. The summed E-state index contributed by atoms with van der Waals surface area (Å²) in [5.41, 5.74) is 2.31. The van der Waals surface area contributed by atoms with Crippen LogP contribution in [0.25, 0.3) is 0 Å². The fraction of sp³-hybridized carbons (Fsp3) is 0.0769. The second kappa shape index (κ2) is 9.52.